The summed E-state index contributed by atoms with van der Waals surface area (Å²) in [7, 11) is -3.05. The Balaban J connectivity index is 2.80. The van der Waals surface area contributed by atoms with Gasteiger partial charge in [0.1, 0.15) is 5.75 Å². The van der Waals surface area contributed by atoms with Gasteiger partial charge in [-0.3, -0.25) is 9.59 Å². The standard InChI is InChI=1S/C47H86NO5P/c1-12-13-14-15-16-17-18-19-20-21-22-23-24-25-26-27-30-53-42(50)29-32-54(52,31-28-41(48)49)35-38-33-39(46(8,9)36-44(2,3)4)43(51)40(34-38)47(10,11)37-45(5,6)7/h33-34,51H,12-32,35-37H2,1-11H3,(H2,48,49). The molecule has 0 aromatic heterocycles. The molecule has 0 bridgehead atoms. The van der Waals surface area contributed by atoms with E-state index in [1.165, 1.54) is 83.5 Å². The summed E-state index contributed by atoms with van der Waals surface area (Å²) in [5, 5.41) is 11.9. The number of carbonyl (C=O) groups excluding carboxylic acids is 2. The summed E-state index contributed by atoms with van der Waals surface area (Å²) in [5.41, 5.74) is 7.47. The van der Waals surface area contributed by atoms with E-state index in [0.29, 0.717) is 12.4 Å². The zero-order chi connectivity index (χ0) is 41.1. The highest BCUT2D eigenvalue weighted by atomic mass is 31.2. The number of phenolic OH excluding ortho intramolecular Hbond substituents is 1. The third-order valence-electron chi connectivity index (χ3n) is 10.8. The fraction of sp³-hybridized carbons (Fsp3) is 0.830. The van der Waals surface area contributed by atoms with E-state index in [9.17, 15) is 19.3 Å². The van der Waals surface area contributed by atoms with Crippen LogP contribution in [-0.2, 0) is 35.9 Å². The number of benzene rings is 1. The lowest BCUT2D eigenvalue weighted by atomic mass is 9.68. The molecule has 1 aromatic rings. The third-order valence-corrected chi connectivity index (χ3v) is 13.8. The van der Waals surface area contributed by atoms with Gasteiger partial charge >= 0.3 is 5.97 Å². The Labute approximate surface area is 333 Å². The van der Waals surface area contributed by atoms with Crippen molar-refractivity contribution >= 4 is 19.0 Å². The number of rotatable bonds is 29. The lowest BCUT2D eigenvalue weighted by Gasteiger charge is -2.38. The Bertz CT molecular complexity index is 1240. The van der Waals surface area contributed by atoms with Crippen molar-refractivity contribution in [2.45, 2.75) is 222 Å². The van der Waals surface area contributed by atoms with Gasteiger partial charge in [-0.05, 0) is 46.5 Å². The molecule has 0 spiro atoms. The van der Waals surface area contributed by atoms with Gasteiger partial charge in [0.25, 0.3) is 0 Å². The fourth-order valence-corrected chi connectivity index (χ4v) is 11.4. The molecule has 1 unspecified atom stereocenters. The molecule has 1 amide bonds. The van der Waals surface area contributed by atoms with Crippen LogP contribution in [-0.4, -0.2) is 35.9 Å². The van der Waals surface area contributed by atoms with Crippen LogP contribution in [0.15, 0.2) is 12.1 Å². The second-order valence-corrected chi connectivity index (χ2v) is 23.8. The minimum Gasteiger partial charge on any atom is -0.507 e. The van der Waals surface area contributed by atoms with E-state index in [1.807, 2.05) is 12.1 Å². The van der Waals surface area contributed by atoms with Crippen LogP contribution >= 0.6 is 7.14 Å². The molecule has 1 atom stereocenters. The number of ether oxygens (including phenoxy) is 1. The van der Waals surface area contributed by atoms with Gasteiger partial charge in [-0.25, -0.2) is 0 Å². The number of phenols is 1. The quantitative estimate of drug-likeness (QED) is 0.0479. The number of carbonyl (C=O) groups is 2. The maximum Gasteiger partial charge on any atom is 0.306 e. The molecule has 7 heteroatoms. The molecule has 0 aliphatic rings. The Morgan fingerprint density at radius 1 is 0.630 bits per heavy atom. The van der Waals surface area contributed by atoms with Crippen LogP contribution in [0.3, 0.4) is 0 Å². The molecule has 0 fully saturated rings. The SMILES string of the molecule is CCCCCCCCCCCCCCCCCCOC(=O)CCP(=O)(CCC(N)=O)Cc1cc(C(C)(C)CC(C)(C)C)c(O)c(C(C)(C)CC(C)(C)C)c1. The highest BCUT2D eigenvalue weighted by molar-refractivity contribution is 7.63. The highest BCUT2D eigenvalue weighted by Gasteiger charge is 2.36. The van der Waals surface area contributed by atoms with Gasteiger partial charge in [0.15, 0.2) is 0 Å². The smallest absolute Gasteiger partial charge is 0.306 e. The molecule has 3 N–H and O–H groups in total. The van der Waals surface area contributed by atoms with Crippen molar-refractivity contribution in [3.8, 4) is 5.75 Å². The Morgan fingerprint density at radius 2 is 1.00 bits per heavy atom. The van der Waals surface area contributed by atoms with E-state index in [1.54, 1.807) is 0 Å². The monoisotopic (exact) mass is 776 g/mol. The zero-order valence-corrected chi connectivity index (χ0v) is 38.1. The van der Waals surface area contributed by atoms with Gasteiger partial charge in [-0.2, -0.15) is 0 Å². The molecule has 0 heterocycles. The summed E-state index contributed by atoms with van der Waals surface area (Å²) in [5.74, 6) is -0.516. The lowest BCUT2D eigenvalue weighted by Crippen LogP contribution is -2.28. The van der Waals surface area contributed by atoms with Gasteiger partial charge < -0.3 is 20.1 Å². The van der Waals surface area contributed by atoms with E-state index < -0.39 is 13.0 Å². The van der Waals surface area contributed by atoms with Gasteiger partial charge in [0, 0.05) is 36.0 Å². The maximum absolute atomic E-state index is 14.6. The minimum absolute atomic E-state index is 0.00828. The molecule has 0 saturated carbocycles. The van der Waals surface area contributed by atoms with Crippen molar-refractivity contribution in [3.05, 3.63) is 28.8 Å². The van der Waals surface area contributed by atoms with E-state index in [2.05, 4.69) is 76.2 Å². The average molecular weight is 776 g/mol. The second kappa shape index (κ2) is 24.1. The summed E-state index contributed by atoms with van der Waals surface area (Å²) in [6.07, 6.45) is 23.0. The van der Waals surface area contributed by atoms with Crippen molar-refractivity contribution in [3.63, 3.8) is 0 Å². The number of primary amides is 1. The summed E-state index contributed by atoms with van der Waals surface area (Å²) < 4.78 is 20.2. The maximum atomic E-state index is 14.6. The van der Waals surface area contributed by atoms with Gasteiger partial charge in [-0.15, -0.1) is 0 Å². The number of hydrogen-bond acceptors (Lipinski definition) is 5. The van der Waals surface area contributed by atoms with Crippen LogP contribution in [0.2, 0.25) is 0 Å². The molecular formula is C47H86NO5P. The van der Waals surface area contributed by atoms with Gasteiger partial charge in [-0.1, -0.05) is 185 Å². The lowest BCUT2D eigenvalue weighted by molar-refractivity contribution is -0.143. The Hall–Kier alpha value is -1.81. The molecule has 0 saturated heterocycles. The fourth-order valence-electron chi connectivity index (χ4n) is 8.78. The number of unbranched alkanes of at least 4 members (excludes halogenated alkanes) is 15. The summed E-state index contributed by atoms with van der Waals surface area (Å²) in [6, 6.07) is 4.04. The van der Waals surface area contributed by atoms with Crippen LogP contribution in [0.25, 0.3) is 0 Å². The number of esters is 1. The molecule has 314 valence electrons. The van der Waals surface area contributed by atoms with Crippen LogP contribution < -0.4 is 5.73 Å². The van der Waals surface area contributed by atoms with E-state index >= 15 is 0 Å². The zero-order valence-electron chi connectivity index (χ0n) is 37.2. The molecule has 54 heavy (non-hydrogen) atoms. The first-order valence-electron chi connectivity index (χ1n) is 21.9. The van der Waals surface area contributed by atoms with Gasteiger partial charge in [0.05, 0.1) is 20.2 Å². The average Bonchev–Trinajstić information content (AvgIpc) is 3.02. The molecule has 0 radical (unpaired) electrons. The normalized spacial score (nSPS) is 13.9. The van der Waals surface area contributed by atoms with Crippen LogP contribution in [0.1, 0.15) is 221 Å². The van der Waals surface area contributed by atoms with E-state index in [4.69, 9.17) is 10.5 Å². The number of nitrogens with two attached hydrogens (primary N) is 1. The highest BCUT2D eigenvalue weighted by Crippen LogP contribution is 2.53. The first-order chi connectivity index (χ1) is 25.0. The topological polar surface area (TPSA) is 107 Å². The van der Waals surface area contributed by atoms with Crippen molar-refractivity contribution in [2.75, 3.05) is 18.9 Å². The van der Waals surface area contributed by atoms with Crippen LogP contribution in [0, 0.1) is 10.8 Å². The molecule has 0 aliphatic carbocycles. The number of hydrogen-bond donors (Lipinski definition) is 2. The Morgan fingerprint density at radius 3 is 1.37 bits per heavy atom. The summed E-state index contributed by atoms with van der Waals surface area (Å²) in [6.45, 7) is 24.6. The van der Waals surface area contributed by atoms with E-state index in [0.717, 1.165) is 48.8 Å². The molecule has 6 nitrogen and oxygen atoms in total. The van der Waals surface area contributed by atoms with E-state index in [-0.39, 0.29) is 59.0 Å². The summed E-state index contributed by atoms with van der Waals surface area (Å²) >= 11 is 0. The molecule has 1 rings (SSSR count). The van der Waals surface area contributed by atoms with Crippen molar-refractivity contribution < 1.29 is 24.0 Å². The Kier molecular flexibility index (Phi) is 22.4. The summed E-state index contributed by atoms with van der Waals surface area (Å²) in [4.78, 5) is 24.7. The first-order valence-corrected chi connectivity index (χ1v) is 24.1. The third kappa shape index (κ3) is 22.1. The predicted molar refractivity (Wildman–Crippen MR) is 232 cm³/mol. The van der Waals surface area contributed by atoms with Crippen molar-refractivity contribution in [2.24, 2.45) is 16.6 Å². The van der Waals surface area contributed by atoms with Crippen LogP contribution in [0.5, 0.6) is 5.75 Å². The van der Waals surface area contributed by atoms with Gasteiger partial charge in [0.2, 0.25) is 5.91 Å². The number of amides is 1. The molecular weight excluding hydrogens is 689 g/mol. The minimum atomic E-state index is -3.05. The van der Waals surface area contributed by atoms with Crippen molar-refractivity contribution in [1.29, 1.82) is 0 Å². The molecule has 1 aromatic carbocycles. The number of aromatic hydroxyl groups is 1. The second-order valence-electron chi connectivity index (χ2n) is 20.4. The molecule has 0 aliphatic heterocycles. The van der Waals surface area contributed by atoms with Crippen LogP contribution in [0.4, 0.5) is 0 Å². The predicted octanol–water partition coefficient (Wildman–Crippen LogP) is 13.8. The van der Waals surface area contributed by atoms with Crippen molar-refractivity contribution in [1.82, 2.24) is 0 Å². The largest absolute Gasteiger partial charge is 0.507 e. The first kappa shape index (κ1) is 50.2.